The molecule has 0 aromatic carbocycles. The van der Waals surface area contributed by atoms with Gasteiger partial charge in [0.25, 0.3) is 0 Å². The van der Waals surface area contributed by atoms with Gasteiger partial charge in [0.15, 0.2) is 0 Å². The highest BCUT2D eigenvalue weighted by molar-refractivity contribution is 6.60. The lowest BCUT2D eigenvalue weighted by Gasteiger charge is -2.34. The number of carbonyl (C=O) groups is 1. The van der Waals surface area contributed by atoms with Gasteiger partial charge in [-0.2, -0.15) is 0 Å². The van der Waals surface area contributed by atoms with E-state index in [1.807, 2.05) is 37.9 Å². The smallest absolute Gasteiger partial charge is 0.444 e. The van der Waals surface area contributed by atoms with E-state index in [0.717, 1.165) is 30.5 Å². The third kappa shape index (κ3) is 5.45. The number of pyridine rings is 1. The molecule has 7 heteroatoms. The molecule has 0 saturated carbocycles. The Morgan fingerprint density at radius 3 is 2.59 bits per heavy atom. The van der Waals surface area contributed by atoms with E-state index in [9.17, 15) is 4.79 Å². The number of aromatic nitrogens is 1. The Balaban J connectivity index is 1.60. The van der Waals surface area contributed by atoms with Crippen LogP contribution in [0.15, 0.2) is 18.3 Å². The molecule has 0 bridgehead atoms. The number of nitrogens with zero attached hydrogens (tertiary/aromatic N) is 2. The summed E-state index contributed by atoms with van der Waals surface area (Å²) in [5, 5.41) is 0. The largest absolute Gasteiger partial charge is 0.513 e. The van der Waals surface area contributed by atoms with Crippen molar-refractivity contribution in [1.82, 2.24) is 9.88 Å². The van der Waals surface area contributed by atoms with Crippen molar-refractivity contribution < 1.29 is 18.8 Å². The molecule has 1 aromatic rings. The Morgan fingerprint density at radius 1 is 1.30 bits per heavy atom. The number of carbonyl (C=O) groups excluding carboxylic acids is 1. The van der Waals surface area contributed by atoms with Crippen LogP contribution in [0.3, 0.4) is 0 Å². The van der Waals surface area contributed by atoms with Crippen molar-refractivity contribution in [3.05, 3.63) is 23.9 Å². The first-order valence-electron chi connectivity index (χ1n) is 9.80. The fraction of sp³-hybridized carbons (Fsp3) is 0.700. The van der Waals surface area contributed by atoms with E-state index in [4.69, 9.17) is 14.0 Å². The van der Waals surface area contributed by atoms with Crippen LogP contribution in [0.2, 0.25) is 0 Å². The number of piperidine rings is 1. The quantitative estimate of drug-likeness (QED) is 0.745. The van der Waals surface area contributed by atoms with E-state index >= 15 is 0 Å². The minimum atomic E-state index is -0.470. The minimum Gasteiger partial charge on any atom is -0.444 e. The predicted molar refractivity (Wildman–Crippen MR) is 105 cm³/mol. The lowest BCUT2D eigenvalue weighted by Crippen LogP contribution is -2.48. The molecule has 0 aliphatic carbocycles. The van der Waals surface area contributed by atoms with Crippen molar-refractivity contribution in [1.29, 1.82) is 0 Å². The maximum atomic E-state index is 12.4. The number of hydrogen-bond donors (Lipinski definition) is 0. The molecule has 1 amide bonds. The van der Waals surface area contributed by atoms with Crippen LogP contribution in [0.5, 0.6) is 0 Å². The Bertz CT molecular complexity index is 647. The predicted octanol–water partition coefficient (Wildman–Crippen LogP) is 2.96. The zero-order valence-electron chi connectivity index (χ0n) is 17.2. The third-order valence-corrected chi connectivity index (χ3v) is 4.85. The highest BCUT2D eigenvalue weighted by Crippen LogP contribution is 2.27. The summed E-state index contributed by atoms with van der Waals surface area (Å²) in [6.45, 7) is 12.7. The van der Waals surface area contributed by atoms with Crippen LogP contribution < -0.4 is 5.59 Å². The van der Waals surface area contributed by atoms with Gasteiger partial charge in [0.2, 0.25) is 0 Å². The lowest BCUT2D eigenvalue weighted by atomic mass is 9.79. The van der Waals surface area contributed by atoms with Crippen LogP contribution >= 0.6 is 0 Å². The van der Waals surface area contributed by atoms with Gasteiger partial charge in [-0.25, -0.2) is 4.79 Å². The van der Waals surface area contributed by atoms with Crippen molar-refractivity contribution in [2.24, 2.45) is 5.41 Å². The van der Waals surface area contributed by atoms with Crippen molar-refractivity contribution in [2.45, 2.75) is 59.0 Å². The van der Waals surface area contributed by atoms with E-state index < -0.39 is 12.7 Å². The average Bonchev–Trinajstić information content (AvgIpc) is 2.61. The topological polar surface area (TPSA) is 60.9 Å². The summed E-state index contributed by atoms with van der Waals surface area (Å²) in [6.07, 6.45) is 3.68. The fourth-order valence-electron chi connectivity index (χ4n) is 3.40. The third-order valence-electron chi connectivity index (χ3n) is 4.85. The Morgan fingerprint density at radius 2 is 2.00 bits per heavy atom. The summed E-state index contributed by atoms with van der Waals surface area (Å²) in [7, 11) is -0.392. The molecule has 1 aromatic heterocycles. The van der Waals surface area contributed by atoms with Crippen LogP contribution in [-0.2, 0) is 14.0 Å². The van der Waals surface area contributed by atoms with Gasteiger partial charge in [-0.3, -0.25) is 4.98 Å². The van der Waals surface area contributed by atoms with Gasteiger partial charge < -0.3 is 18.9 Å². The molecule has 6 nitrogen and oxygen atoms in total. The van der Waals surface area contributed by atoms with E-state index in [1.54, 1.807) is 0 Å². The summed E-state index contributed by atoms with van der Waals surface area (Å²) in [4.78, 5) is 18.7. The van der Waals surface area contributed by atoms with E-state index in [1.165, 1.54) is 0 Å². The van der Waals surface area contributed by atoms with Crippen LogP contribution in [0, 0.1) is 5.41 Å². The molecule has 0 N–H and O–H groups in total. The van der Waals surface area contributed by atoms with E-state index in [-0.39, 0.29) is 17.4 Å². The number of amides is 1. The highest BCUT2D eigenvalue weighted by Gasteiger charge is 2.35. The molecule has 1 unspecified atom stereocenters. The zero-order valence-corrected chi connectivity index (χ0v) is 17.2. The van der Waals surface area contributed by atoms with Gasteiger partial charge in [0.05, 0.1) is 5.59 Å². The Labute approximate surface area is 162 Å². The SMILES string of the molecule is CC1(C)COB(c2ccc(C3CCCN(C(=O)OC(C)(C)C)C3)cn2)OC1. The molecule has 1 atom stereocenters. The maximum absolute atomic E-state index is 12.4. The Kier molecular flexibility index (Phi) is 5.82. The Hall–Kier alpha value is -1.60. The monoisotopic (exact) mass is 374 g/mol. The standard InChI is InChI=1S/C20H31BN2O4/c1-19(2,3)27-18(24)23-10-6-7-16(12-23)15-8-9-17(22-11-15)21-25-13-20(4,5)14-26-21/h8-9,11,16H,6-7,10,12-14H2,1-5H3. The molecule has 2 fully saturated rings. The molecule has 2 saturated heterocycles. The highest BCUT2D eigenvalue weighted by atomic mass is 16.6. The number of hydrogen-bond acceptors (Lipinski definition) is 5. The molecular formula is C20H31BN2O4. The van der Waals surface area contributed by atoms with Gasteiger partial charge in [-0.1, -0.05) is 19.9 Å². The first kappa shape index (κ1) is 20.1. The first-order valence-corrected chi connectivity index (χ1v) is 9.80. The summed E-state index contributed by atoms with van der Waals surface area (Å²) < 4.78 is 17.1. The summed E-state index contributed by atoms with van der Waals surface area (Å²) >= 11 is 0. The molecule has 0 radical (unpaired) electrons. The minimum absolute atomic E-state index is 0.0453. The van der Waals surface area contributed by atoms with Crippen molar-refractivity contribution in [2.75, 3.05) is 26.3 Å². The van der Waals surface area contributed by atoms with E-state index in [2.05, 4.69) is 24.9 Å². The maximum Gasteiger partial charge on any atom is 0.513 e. The molecule has 27 heavy (non-hydrogen) atoms. The van der Waals surface area contributed by atoms with Crippen molar-refractivity contribution in [3.8, 4) is 0 Å². The molecular weight excluding hydrogens is 343 g/mol. The summed E-state index contributed by atoms with van der Waals surface area (Å²) in [6, 6.07) is 4.06. The molecule has 148 valence electrons. The van der Waals surface area contributed by atoms with Crippen LogP contribution in [0.4, 0.5) is 4.79 Å². The van der Waals surface area contributed by atoms with E-state index in [0.29, 0.717) is 19.8 Å². The van der Waals surface area contributed by atoms with Crippen LogP contribution in [-0.4, -0.2) is 55.0 Å². The van der Waals surface area contributed by atoms with Crippen LogP contribution in [0.1, 0.15) is 58.9 Å². The van der Waals surface area contributed by atoms with Gasteiger partial charge >= 0.3 is 13.2 Å². The normalized spacial score (nSPS) is 23.2. The fourth-order valence-corrected chi connectivity index (χ4v) is 3.40. The zero-order chi connectivity index (χ0) is 19.7. The molecule has 3 rings (SSSR count). The molecule has 2 aliphatic heterocycles. The van der Waals surface area contributed by atoms with Gasteiger partial charge in [-0.05, 0) is 45.2 Å². The second-order valence-corrected chi connectivity index (χ2v) is 9.40. The number of likely N-dealkylation sites (tertiary alicyclic amines) is 1. The first-order chi connectivity index (χ1) is 12.6. The molecule has 3 heterocycles. The van der Waals surface area contributed by atoms with Crippen LogP contribution in [0.25, 0.3) is 0 Å². The average molecular weight is 374 g/mol. The second kappa shape index (κ2) is 7.80. The summed E-state index contributed by atoms with van der Waals surface area (Å²) in [5.74, 6) is 0.278. The van der Waals surface area contributed by atoms with Gasteiger partial charge in [0.1, 0.15) is 5.60 Å². The number of rotatable bonds is 2. The van der Waals surface area contributed by atoms with Gasteiger partial charge in [0, 0.05) is 43.8 Å². The summed E-state index contributed by atoms with van der Waals surface area (Å²) in [5.41, 5.74) is 1.52. The second-order valence-electron chi connectivity index (χ2n) is 9.40. The van der Waals surface area contributed by atoms with Crippen molar-refractivity contribution >= 4 is 18.8 Å². The van der Waals surface area contributed by atoms with Crippen molar-refractivity contribution in [3.63, 3.8) is 0 Å². The number of ether oxygens (including phenoxy) is 1. The molecule has 0 spiro atoms. The molecule has 2 aliphatic rings. The van der Waals surface area contributed by atoms with Gasteiger partial charge in [-0.15, -0.1) is 0 Å². The lowest BCUT2D eigenvalue weighted by molar-refractivity contribution is 0.0198.